The quantitative estimate of drug-likeness (QED) is 0.423. The summed E-state index contributed by atoms with van der Waals surface area (Å²) < 4.78 is 0. The van der Waals surface area contributed by atoms with Crippen LogP contribution in [0.3, 0.4) is 0 Å². The first kappa shape index (κ1) is 9.15. The SMILES string of the molecule is CC(=O)C(C)=CC=C(C)C. The molecule has 0 radical (unpaired) electrons. The van der Waals surface area contributed by atoms with Crippen LogP contribution in [-0.4, -0.2) is 5.78 Å². The van der Waals surface area contributed by atoms with Gasteiger partial charge >= 0.3 is 0 Å². The molecular weight excluding hydrogens is 124 g/mol. The molecule has 0 saturated carbocycles. The number of rotatable bonds is 2. The van der Waals surface area contributed by atoms with Gasteiger partial charge < -0.3 is 0 Å². The van der Waals surface area contributed by atoms with E-state index in [1.807, 2.05) is 32.9 Å². The minimum atomic E-state index is 0.137. The zero-order valence-corrected chi connectivity index (χ0v) is 7.06. The Labute approximate surface area is 62.4 Å². The van der Waals surface area contributed by atoms with Crippen LogP contribution in [0.15, 0.2) is 23.3 Å². The normalized spacial score (nSPS) is 11.0. The fourth-order valence-corrected chi connectivity index (χ4v) is 0.409. The van der Waals surface area contributed by atoms with Crippen LogP contribution in [0, 0.1) is 0 Å². The molecule has 0 bridgehead atoms. The molecule has 0 aliphatic rings. The predicted molar refractivity (Wildman–Crippen MR) is 43.9 cm³/mol. The molecule has 0 unspecified atom stereocenters. The zero-order chi connectivity index (χ0) is 8.15. The summed E-state index contributed by atoms with van der Waals surface area (Å²) in [6, 6.07) is 0. The van der Waals surface area contributed by atoms with Gasteiger partial charge in [-0.3, -0.25) is 4.79 Å². The maximum Gasteiger partial charge on any atom is 0.155 e. The molecule has 56 valence electrons. The Hall–Kier alpha value is -0.850. The first-order valence-corrected chi connectivity index (χ1v) is 3.36. The molecule has 1 heteroatoms. The van der Waals surface area contributed by atoms with Crippen LogP contribution in [0.25, 0.3) is 0 Å². The average Bonchev–Trinajstić information content (AvgIpc) is 1.82. The molecule has 0 aromatic heterocycles. The van der Waals surface area contributed by atoms with Crippen LogP contribution < -0.4 is 0 Å². The van der Waals surface area contributed by atoms with Crippen molar-refractivity contribution >= 4 is 5.78 Å². The summed E-state index contributed by atoms with van der Waals surface area (Å²) in [5.41, 5.74) is 2.02. The second-order valence-electron chi connectivity index (χ2n) is 2.65. The third-order valence-corrected chi connectivity index (χ3v) is 1.22. The molecule has 10 heavy (non-hydrogen) atoms. The van der Waals surface area contributed by atoms with Crippen molar-refractivity contribution in [1.29, 1.82) is 0 Å². The van der Waals surface area contributed by atoms with E-state index in [2.05, 4.69) is 0 Å². The molecule has 0 aromatic rings. The number of ketones is 1. The molecule has 0 rings (SSSR count). The minimum absolute atomic E-state index is 0.137. The Bertz CT molecular complexity index is 181. The number of hydrogen-bond acceptors (Lipinski definition) is 1. The highest BCUT2D eigenvalue weighted by atomic mass is 16.1. The molecule has 0 amide bonds. The highest BCUT2D eigenvalue weighted by Gasteiger charge is 1.91. The number of Topliss-reactive ketones (excluding diaryl/α,β-unsaturated/α-hetero) is 1. The Kier molecular flexibility index (Phi) is 3.70. The van der Waals surface area contributed by atoms with Crippen molar-refractivity contribution < 1.29 is 4.79 Å². The summed E-state index contributed by atoms with van der Waals surface area (Å²) in [5, 5.41) is 0. The van der Waals surface area contributed by atoms with Crippen molar-refractivity contribution in [3.63, 3.8) is 0 Å². The molecule has 0 fully saturated rings. The lowest BCUT2D eigenvalue weighted by Gasteiger charge is -1.89. The van der Waals surface area contributed by atoms with Gasteiger partial charge in [0, 0.05) is 0 Å². The summed E-state index contributed by atoms with van der Waals surface area (Å²) in [6.07, 6.45) is 3.79. The average molecular weight is 138 g/mol. The Morgan fingerprint density at radius 3 is 1.80 bits per heavy atom. The maximum absolute atomic E-state index is 10.7. The van der Waals surface area contributed by atoms with Crippen molar-refractivity contribution in [3.05, 3.63) is 23.3 Å². The van der Waals surface area contributed by atoms with Crippen molar-refractivity contribution in [1.82, 2.24) is 0 Å². The summed E-state index contributed by atoms with van der Waals surface area (Å²) >= 11 is 0. The smallest absolute Gasteiger partial charge is 0.155 e. The topological polar surface area (TPSA) is 17.1 Å². The third kappa shape index (κ3) is 4.07. The fraction of sp³-hybridized carbons (Fsp3) is 0.444. The summed E-state index contributed by atoms with van der Waals surface area (Å²) in [7, 11) is 0. The van der Waals surface area contributed by atoms with Crippen molar-refractivity contribution in [2.75, 3.05) is 0 Å². The minimum Gasteiger partial charge on any atom is -0.295 e. The summed E-state index contributed by atoms with van der Waals surface area (Å²) in [4.78, 5) is 10.7. The van der Waals surface area contributed by atoms with Crippen molar-refractivity contribution in [2.45, 2.75) is 27.7 Å². The molecule has 0 aromatic carbocycles. The van der Waals surface area contributed by atoms with E-state index in [9.17, 15) is 4.79 Å². The van der Waals surface area contributed by atoms with E-state index in [-0.39, 0.29) is 5.78 Å². The Morgan fingerprint density at radius 1 is 1.00 bits per heavy atom. The Balaban J connectivity index is 4.19. The van der Waals surface area contributed by atoms with E-state index in [0.29, 0.717) is 0 Å². The van der Waals surface area contributed by atoms with E-state index in [0.717, 1.165) is 5.57 Å². The van der Waals surface area contributed by atoms with Crippen LogP contribution in [-0.2, 0) is 4.79 Å². The lowest BCUT2D eigenvalue weighted by molar-refractivity contribution is -0.113. The fourth-order valence-electron chi connectivity index (χ4n) is 0.409. The highest BCUT2D eigenvalue weighted by molar-refractivity contribution is 5.92. The second kappa shape index (κ2) is 4.04. The van der Waals surface area contributed by atoms with Gasteiger partial charge in [-0.2, -0.15) is 0 Å². The number of carbonyl (C=O) groups is 1. The molecule has 0 spiro atoms. The lowest BCUT2D eigenvalue weighted by Crippen LogP contribution is -1.89. The molecule has 1 nitrogen and oxygen atoms in total. The highest BCUT2D eigenvalue weighted by Crippen LogP contribution is 1.96. The van der Waals surface area contributed by atoms with Gasteiger partial charge in [0.2, 0.25) is 0 Å². The van der Waals surface area contributed by atoms with Crippen LogP contribution in [0.5, 0.6) is 0 Å². The van der Waals surface area contributed by atoms with Crippen LogP contribution >= 0.6 is 0 Å². The van der Waals surface area contributed by atoms with Gasteiger partial charge in [-0.15, -0.1) is 0 Å². The summed E-state index contributed by atoms with van der Waals surface area (Å²) in [6.45, 7) is 7.40. The van der Waals surface area contributed by atoms with Crippen molar-refractivity contribution in [2.24, 2.45) is 0 Å². The molecule has 0 saturated heterocycles. The standard InChI is InChI=1S/C9H14O/c1-7(2)5-6-8(3)9(4)10/h5-6H,1-4H3. The second-order valence-corrected chi connectivity index (χ2v) is 2.65. The molecule has 0 heterocycles. The zero-order valence-electron chi connectivity index (χ0n) is 7.06. The van der Waals surface area contributed by atoms with Gasteiger partial charge in [-0.25, -0.2) is 0 Å². The molecule has 0 aliphatic carbocycles. The van der Waals surface area contributed by atoms with E-state index in [1.165, 1.54) is 5.57 Å². The third-order valence-electron chi connectivity index (χ3n) is 1.22. The van der Waals surface area contributed by atoms with E-state index in [1.54, 1.807) is 6.92 Å². The first-order valence-electron chi connectivity index (χ1n) is 3.36. The Morgan fingerprint density at radius 2 is 1.50 bits per heavy atom. The van der Waals surface area contributed by atoms with E-state index >= 15 is 0 Å². The monoisotopic (exact) mass is 138 g/mol. The van der Waals surface area contributed by atoms with Crippen LogP contribution in [0.2, 0.25) is 0 Å². The van der Waals surface area contributed by atoms with Gasteiger partial charge in [-0.05, 0) is 33.3 Å². The largest absolute Gasteiger partial charge is 0.295 e. The number of carbonyl (C=O) groups excluding carboxylic acids is 1. The predicted octanol–water partition coefficient (Wildman–Crippen LogP) is 2.49. The molecular formula is C9H14O. The van der Waals surface area contributed by atoms with Gasteiger partial charge in [0.1, 0.15) is 0 Å². The number of allylic oxidation sites excluding steroid dienone is 4. The van der Waals surface area contributed by atoms with E-state index < -0.39 is 0 Å². The van der Waals surface area contributed by atoms with E-state index in [4.69, 9.17) is 0 Å². The molecule has 0 N–H and O–H groups in total. The maximum atomic E-state index is 10.7. The van der Waals surface area contributed by atoms with Crippen molar-refractivity contribution in [3.8, 4) is 0 Å². The summed E-state index contributed by atoms with van der Waals surface area (Å²) in [5.74, 6) is 0.137. The van der Waals surface area contributed by atoms with Gasteiger partial charge in [0.15, 0.2) is 5.78 Å². The van der Waals surface area contributed by atoms with Gasteiger partial charge in [0.25, 0.3) is 0 Å². The molecule has 0 atom stereocenters. The van der Waals surface area contributed by atoms with Crippen LogP contribution in [0.4, 0.5) is 0 Å². The lowest BCUT2D eigenvalue weighted by atomic mass is 10.2. The van der Waals surface area contributed by atoms with Crippen LogP contribution in [0.1, 0.15) is 27.7 Å². The number of hydrogen-bond donors (Lipinski definition) is 0. The van der Waals surface area contributed by atoms with Gasteiger partial charge in [0.05, 0.1) is 0 Å². The first-order chi connectivity index (χ1) is 4.54. The van der Waals surface area contributed by atoms with Gasteiger partial charge in [-0.1, -0.05) is 17.7 Å². The molecule has 0 aliphatic heterocycles.